The maximum atomic E-state index is 5.34. The van der Waals surface area contributed by atoms with E-state index in [0.717, 1.165) is 38.5 Å². The van der Waals surface area contributed by atoms with Gasteiger partial charge in [-0.1, -0.05) is 43.2 Å². The number of nitrogens with one attached hydrogen (secondary N) is 2. The first kappa shape index (κ1) is 21.7. The zero-order valence-corrected chi connectivity index (χ0v) is 17.6. The van der Waals surface area contributed by atoms with E-state index in [4.69, 9.17) is 4.74 Å². The summed E-state index contributed by atoms with van der Waals surface area (Å²) in [5, 5.41) is 7.12. The fraction of sp³-hybridized carbons (Fsp3) is 0.682. The average Bonchev–Trinajstić information content (AvgIpc) is 3.15. The Morgan fingerprint density at radius 2 is 1.89 bits per heavy atom. The lowest BCUT2D eigenvalue weighted by Gasteiger charge is -2.31. The van der Waals surface area contributed by atoms with Crippen molar-refractivity contribution in [3.8, 4) is 0 Å². The molecule has 0 heterocycles. The van der Waals surface area contributed by atoms with Gasteiger partial charge in [0.15, 0.2) is 5.96 Å². The number of likely N-dealkylation sites (N-methyl/N-ethyl adjacent to an activating group) is 1. The summed E-state index contributed by atoms with van der Waals surface area (Å²) >= 11 is 0. The van der Waals surface area contributed by atoms with Gasteiger partial charge in [-0.05, 0) is 50.8 Å². The Kier molecular flexibility index (Phi) is 9.08. The molecule has 27 heavy (non-hydrogen) atoms. The van der Waals surface area contributed by atoms with Crippen LogP contribution in [0.1, 0.15) is 37.7 Å². The van der Waals surface area contributed by atoms with Crippen LogP contribution in [-0.4, -0.2) is 64.9 Å². The van der Waals surface area contributed by atoms with Crippen molar-refractivity contribution in [3.05, 3.63) is 35.9 Å². The quantitative estimate of drug-likeness (QED) is 0.488. The van der Waals surface area contributed by atoms with E-state index in [2.05, 4.69) is 65.0 Å². The third-order valence-electron chi connectivity index (χ3n) is 5.90. The number of benzene rings is 1. The van der Waals surface area contributed by atoms with Gasteiger partial charge in [-0.15, -0.1) is 0 Å². The molecule has 1 aliphatic carbocycles. The van der Waals surface area contributed by atoms with E-state index in [1.165, 1.54) is 31.2 Å². The molecular formula is C22H38N4O. The number of rotatable bonds is 10. The first-order valence-corrected chi connectivity index (χ1v) is 10.2. The molecule has 0 bridgehead atoms. The lowest BCUT2D eigenvalue weighted by Crippen LogP contribution is -2.48. The van der Waals surface area contributed by atoms with Crippen molar-refractivity contribution in [1.82, 2.24) is 15.5 Å². The molecule has 5 nitrogen and oxygen atoms in total. The normalized spacial score (nSPS) is 17.9. The SMILES string of the molecule is CN=C(NCC(Cc1ccccc1)N(C)C)NCC1(CCOC)CCCC1. The second kappa shape index (κ2) is 11.3. The molecule has 1 aliphatic rings. The molecule has 1 aromatic rings. The Labute approximate surface area is 165 Å². The number of aliphatic imine (C=N–C) groups is 1. The molecule has 0 spiro atoms. The Morgan fingerprint density at radius 3 is 2.48 bits per heavy atom. The van der Waals surface area contributed by atoms with Gasteiger partial charge in [0.2, 0.25) is 0 Å². The van der Waals surface area contributed by atoms with E-state index in [1.54, 1.807) is 7.11 Å². The summed E-state index contributed by atoms with van der Waals surface area (Å²) in [5.41, 5.74) is 1.73. The van der Waals surface area contributed by atoms with E-state index >= 15 is 0 Å². The molecule has 0 aromatic heterocycles. The number of hydrogen-bond acceptors (Lipinski definition) is 3. The van der Waals surface area contributed by atoms with Crippen LogP contribution in [0, 0.1) is 5.41 Å². The monoisotopic (exact) mass is 374 g/mol. The Bertz CT molecular complexity index is 553. The maximum Gasteiger partial charge on any atom is 0.191 e. The van der Waals surface area contributed by atoms with E-state index in [1.807, 2.05) is 7.05 Å². The summed E-state index contributed by atoms with van der Waals surface area (Å²) in [6, 6.07) is 11.1. The number of methoxy groups -OCH3 is 1. The van der Waals surface area contributed by atoms with E-state index in [9.17, 15) is 0 Å². The first-order valence-electron chi connectivity index (χ1n) is 10.2. The predicted octanol–water partition coefficient (Wildman–Crippen LogP) is 2.92. The van der Waals surface area contributed by atoms with Crippen LogP contribution in [0.3, 0.4) is 0 Å². The van der Waals surface area contributed by atoms with Gasteiger partial charge in [-0.2, -0.15) is 0 Å². The highest BCUT2D eigenvalue weighted by Gasteiger charge is 2.33. The van der Waals surface area contributed by atoms with Gasteiger partial charge in [-0.25, -0.2) is 0 Å². The Balaban J connectivity index is 1.85. The summed E-state index contributed by atoms with van der Waals surface area (Å²) in [7, 11) is 7.94. The minimum absolute atomic E-state index is 0.360. The molecule has 0 radical (unpaired) electrons. The van der Waals surface area contributed by atoms with Gasteiger partial charge < -0.3 is 20.3 Å². The van der Waals surface area contributed by atoms with Gasteiger partial charge in [-0.3, -0.25) is 4.99 Å². The van der Waals surface area contributed by atoms with Crippen molar-refractivity contribution in [2.75, 3.05) is 47.9 Å². The molecule has 1 fully saturated rings. The van der Waals surface area contributed by atoms with Crippen LogP contribution in [0.15, 0.2) is 35.3 Å². The molecule has 0 aliphatic heterocycles. The minimum atomic E-state index is 0.360. The van der Waals surface area contributed by atoms with Gasteiger partial charge in [0.05, 0.1) is 0 Å². The van der Waals surface area contributed by atoms with Crippen molar-refractivity contribution in [2.24, 2.45) is 10.4 Å². The smallest absolute Gasteiger partial charge is 0.191 e. The summed E-state index contributed by atoms with van der Waals surface area (Å²) < 4.78 is 5.34. The lowest BCUT2D eigenvalue weighted by atomic mass is 9.83. The van der Waals surface area contributed by atoms with Crippen molar-refractivity contribution in [3.63, 3.8) is 0 Å². The van der Waals surface area contributed by atoms with Crippen LogP contribution in [0.25, 0.3) is 0 Å². The Hall–Kier alpha value is -1.59. The van der Waals surface area contributed by atoms with E-state index in [0.29, 0.717) is 11.5 Å². The van der Waals surface area contributed by atoms with Crippen LogP contribution < -0.4 is 10.6 Å². The largest absolute Gasteiger partial charge is 0.385 e. The van der Waals surface area contributed by atoms with Gasteiger partial charge in [0.1, 0.15) is 0 Å². The molecule has 0 saturated heterocycles. The zero-order valence-electron chi connectivity index (χ0n) is 17.6. The minimum Gasteiger partial charge on any atom is -0.385 e. The predicted molar refractivity (Wildman–Crippen MR) is 114 cm³/mol. The molecule has 2 N–H and O–H groups in total. The highest BCUT2D eigenvalue weighted by atomic mass is 16.5. The van der Waals surface area contributed by atoms with Crippen LogP contribution >= 0.6 is 0 Å². The summed E-state index contributed by atoms with van der Waals surface area (Å²) in [5.74, 6) is 0.901. The standard InChI is InChI=1S/C22H38N4O/c1-23-21(25-18-22(14-15-27-4)12-8-9-13-22)24-17-20(26(2)3)16-19-10-6-5-7-11-19/h5-7,10-11,20H,8-9,12-18H2,1-4H3,(H2,23,24,25). The van der Waals surface area contributed by atoms with Crippen molar-refractivity contribution < 1.29 is 4.74 Å². The second-order valence-corrected chi connectivity index (χ2v) is 8.06. The van der Waals surface area contributed by atoms with Crippen molar-refractivity contribution in [2.45, 2.75) is 44.6 Å². The van der Waals surface area contributed by atoms with Crippen molar-refractivity contribution in [1.29, 1.82) is 0 Å². The second-order valence-electron chi connectivity index (χ2n) is 8.06. The van der Waals surface area contributed by atoms with Gasteiger partial charge in [0, 0.05) is 39.9 Å². The summed E-state index contributed by atoms with van der Waals surface area (Å²) in [6.07, 6.45) is 7.38. The van der Waals surface area contributed by atoms with Crippen molar-refractivity contribution >= 4 is 5.96 Å². The summed E-state index contributed by atoms with van der Waals surface area (Å²) in [4.78, 5) is 6.73. The van der Waals surface area contributed by atoms with Crippen LogP contribution in [0.5, 0.6) is 0 Å². The molecule has 5 heteroatoms. The molecule has 152 valence electrons. The first-order chi connectivity index (χ1) is 13.1. The molecule has 1 unspecified atom stereocenters. The fourth-order valence-electron chi connectivity index (χ4n) is 3.99. The van der Waals surface area contributed by atoms with Crippen LogP contribution in [-0.2, 0) is 11.2 Å². The highest BCUT2D eigenvalue weighted by Crippen LogP contribution is 2.40. The topological polar surface area (TPSA) is 48.9 Å². The van der Waals surface area contributed by atoms with Gasteiger partial charge >= 0.3 is 0 Å². The molecule has 1 saturated carbocycles. The number of ether oxygens (including phenoxy) is 1. The Morgan fingerprint density at radius 1 is 1.19 bits per heavy atom. The van der Waals surface area contributed by atoms with Crippen LogP contribution in [0.2, 0.25) is 0 Å². The van der Waals surface area contributed by atoms with Crippen LogP contribution in [0.4, 0.5) is 0 Å². The molecule has 1 atom stereocenters. The van der Waals surface area contributed by atoms with E-state index in [-0.39, 0.29) is 0 Å². The third-order valence-corrected chi connectivity index (χ3v) is 5.90. The lowest BCUT2D eigenvalue weighted by molar-refractivity contribution is 0.138. The molecule has 2 rings (SSSR count). The number of hydrogen-bond donors (Lipinski definition) is 2. The molecular weight excluding hydrogens is 336 g/mol. The number of guanidine groups is 1. The fourth-order valence-corrected chi connectivity index (χ4v) is 3.99. The summed E-state index contributed by atoms with van der Waals surface area (Å²) in [6.45, 7) is 2.68. The zero-order chi connectivity index (χ0) is 19.5. The maximum absolute atomic E-state index is 5.34. The molecule has 0 amide bonds. The molecule has 1 aromatic carbocycles. The van der Waals surface area contributed by atoms with Gasteiger partial charge in [0.25, 0.3) is 0 Å². The third kappa shape index (κ3) is 7.15. The van der Waals surface area contributed by atoms with E-state index < -0.39 is 0 Å². The highest BCUT2D eigenvalue weighted by molar-refractivity contribution is 5.79. The number of nitrogens with zero attached hydrogens (tertiary/aromatic N) is 2. The average molecular weight is 375 g/mol.